The fourth-order valence-corrected chi connectivity index (χ4v) is 1.38. The molecular weight excluding hydrogens is 190 g/mol. The molecule has 1 rings (SSSR count). The molecule has 0 fully saturated rings. The molecule has 0 atom stereocenters. The van der Waals surface area contributed by atoms with Crippen LogP contribution in [0.3, 0.4) is 0 Å². The third-order valence-electron chi connectivity index (χ3n) is 1.51. The molecule has 0 bridgehead atoms. The Balaban J connectivity index is 3.18. The van der Waals surface area contributed by atoms with Crippen LogP contribution in [0, 0.1) is 10.1 Å². The van der Waals surface area contributed by atoms with Crippen molar-refractivity contribution in [2.24, 2.45) is 5.73 Å². The van der Waals surface area contributed by atoms with Crippen molar-refractivity contribution in [3.63, 3.8) is 0 Å². The quantitative estimate of drug-likeness (QED) is 0.449. The van der Waals surface area contributed by atoms with Crippen molar-refractivity contribution in [3.8, 4) is 0 Å². The first-order chi connectivity index (χ1) is 6.19. The highest BCUT2D eigenvalue weighted by molar-refractivity contribution is 7.98. The maximum absolute atomic E-state index is 10.6. The van der Waals surface area contributed by atoms with Crippen LogP contribution in [0.1, 0.15) is 5.56 Å². The average Bonchev–Trinajstić information content (AvgIpc) is 2.16. The van der Waals surface area contributed by atoms with Crippen molar-refractivity contribution in [2.75, 3.05) is 6.26 Å². The molecule has 0 aliphatic heterocycles. The van der Waals surface area contributed by atoms with Gasteiger partial charge in [-0.15, -0.1) is 11.8 Å². The maximum atomic E-state index is 10.6. The Bertz CT molecular complexity index is 330. The van der Waals surface area contributed by atoms with Crippen LogP contribution in [0.5, 0.6) is 0 Å². The Labute approximate surface area is 79.5 Å². The number of thioether (sulfide) groups is 1. The highest BCUT2D eigenvalue weighted by Crippen LogP contribution is 2.25. The number of nitro groups is 1. The van der Waals surface area contributed by atoms with E-state index in [9.17, 15) is 10.1 Å². The lowest BCUT2D eigenvalue weighted by Gasteiger charge is -2.00. The molecule has 0 aliphatic rings. The van der Waals surface area contributed by atoms with E-state index in [1.54, 1.807) is 12.5 Å². The molecule has 70 valence electrons. The van der Waals surface area contributed by atoms with Crippen molar-refractivity contribution >= 4 is 17.4 Å². The standard InChI is InChI=1S/C7H9N3O2S/c1-13-7-6(10(11)12)2-5(3-8)4-9-7/h2,4H,3,8H2,1H3. The number of nitrogens with two attached hydrogens (primary N) is 1. The van der Waals surface area contributed by atoms with E-state index in [0.29, 0.717) is 10.6 Å². The summed E-state index contributed by atoms with van der Waals surface area (Å²) in [7, 11) is 0. The highest BCUT2D eigenvalue weighted by Gasteiger charge is 2.14. The fraction of sp³-hybridized carbons (Fsp3) is 0.286. The van der Waals surface area contributed by atoms with Gasteiger partial charge < -0.3 is 5.73 Å². The van der Waals surface area contributed by atoms with Crippen LogP contribution in [0.4, 0.5) is 5.69 Å². The van der Waals surface area contributed by atoms with Crippen LogP contribution < -0.4 is 5.73 Å². The number of rotatable bonds is 3. The summed E-state index contributed by atoms with van der Waals surface area (Å²) in [6, 6.07) is 1.46. The van der Waals surface area contributed by atoms with Gasteiger partial charge in [0.2, 0.25) is 0 Å². The summed E-state index contributed by atoms with van der Waals surface area (Å²) in [6.07, 6.45) is 3.30. The third kappa shape index (κ3) is 2.16. The number of pyridine rings is 1. The predicted molar refractivity (Wildman–Crippen MR) is 50.6 cm³/mol. The average molecular weight is 199 g/mol. The molecule has 0 spiro atoms. The van der Waals surface area contributed by atoms with Gasteiger partial charge in [0.25, 0.3) is 0 Å². The van der Waals surface area contributed by atoms with Crippen LogP contribution in [0.15, 0.2) is 17.3 Å². The Hall–Kier alpha value is -1.14. The Morgan fingerprint density at radius 1 is 1.77 bits per heavy atom. The summed E-state index contributed by atoms with van der Waals surface area (Å²) in [5.74, 6) is 0. The second-order valence-corrected chi connectivity index (χ2v) is 3.13. The van der Waals surface area contributed by atoms with Crippen molar-refractivity contribution in [1.82, 2.24) is 4.98 Å². The molecule has 13 heavy (non-hydrogen) atoms. The van der Waals surface area contributed by atoms with E-state index in [1.807, 2.05) is 0 Å². The van der Waals surface area contributed by atoms with Crippen molar-refractivity contribution in [3.05, 3.63) is 27.9 Å². The minimum Gasteiger partial charge on any atom is -0.326 e. The van der Waals surface area contributed by atoms with Gasteiger partial charge in [-0.1, -0.05) is 0 Å². The van der Waals surface area contributed by atoms with E-state index in [-0.39, 0.29) is 12.2 Å². The topological polar surface area (TPSA) is 82.0 Å². The molecule has 0 radical (unpaired) electrons. The summed E-state index contributed by atoms with van der Waals surface area (Å²) >= 11 is 1.25. The summed E-state index contributed by atoms with van der Waals surface area (Å²) in [5.41, 5.74) is 6.04. The molecular formula is C7H9N3O2S. The van der Waals surface area contributed by atoms with Gasteiger partial charge in [0, 0.05) is 18.8 Å². The monoisotopic (exact) mass is 199 g/mol. The van der Waals surface area contributed by atoms with Crippen molar-refractivity contribution in [1.29, 1.82) is 0 Å². The Morgan fingerprint density at radius 3 is 2.92 bits per heavy atom. The van der Waals surface area contributed by atoms with E-state index >= 15 is 0 Å². The number of hydrogen-bond acceptors (Lipinski definition) is 5. The minimum atomic E-state index is -0.446. The van der Waals surface area contributed by atoms with E-state index in [4.69, 9.17) is 5.73 Å². The second kappa shape index (κ2) is 4.20. The zero-order chi connectivity index (χ0) is 9.84. The normalized spacial score (nSPS) is 10.0. The molecule has 1 aromatic rings. The Kier molecular flexibility index (Phi) is 3.21. The first-order valence-corrected chi connectivity index (χ1v) is 4.79. The largest absolute Gasteiger partial charge is 0.326 e. The SMILES string of the molecule is CSc1ncc(CN)cc1[N+](=O)[O-]. The van der Waals surface area contributed by atoms with Gasteiger partial charge in [-0.2, -0.15) is 0 Å². The fourth-order valence-electron chi connectivity index (χ4n) is 0.882. The van der Waals surface area contributed by atoms with E-state index in [0.717, 1.165) is 0 Å². The molecule has 5 nitrogen and oxygen atoms in total. The molecule has 2 N–H and O–H groups in total. The van der Waals surface area contributed by atoms with Crippen molar-refractivity contribution in [2.45, 2.75) is 11.6 Å². The zero-order valence-corrected chi connectivity index (χ0v) is 7.87. The van der Waals surface area contributed by atoms with Gasteiger partial charge in [0.1, 0.15) is 0 Å². The maximum Gasteiger partial charge on any atom is 0.301 e. The van der Waals surface area contributed by atoms with E-state index in [1.165, 1.54) is 17.8 Å². The van der Waals surface area contributed by atoms with Gasteiger partial charge in [0.15, 0.2) is 5.03 Å². The predicted octanol–water partition coefficient (Wildman–Crippen LogP) is 1.17. The first-order valence-electron chi connectivity index (χ1n) is 3.56. The molecule has 1 heterocycles. The lowest BCUT2D eigenvalue weighted by molar-refractivity contribution is -0.388. The number of aromatic nitrogens is 1. The van der Waals surface area contributed by atoms with Crippen LogP contribution >= 0.6 is 11.8 Å². The molecule has 0 aromatic carbocycles. The number of nitrogens with zero attached hydrogens (tertiary/aromatic N) is 2. The first kappa shape index (κ1) is 9.94. The summed E-state index contributed by atoms with van der Waals surface area (Å²) < 4.78 is 0. The molecule has 0 saturated carbocycles. The highest BCUT2D eigenvalue weighted by atomic mass is 32.2. The zero-order valence-electron chi connectivity index (χ0n) is 7.06. The van der Waals surface area contributed by atoms with Gasteiger partial charge in [-0.25, -0.2) is 4.98 Å². The van der Waals surface area contributed by atoms with Gasteiger partial charge >= 0.3 is 5.69 Å². The van der Waals surface area contributed by atoms with Crippen LogP contribution in [0.25, 0.3) is 0 Å². The second-order valence-electron chi connectivity index (χ2n) is 2.33. The lowest BCUT2D eigenvalue weighted by Crippen LogP contribution is -2.00. The minimum absolute atomic E-state index is 0.0236. The molecule has 0 amide bonds. The summed E-state index contributed by atoms with van der Waals surface area (Å²) in [5, 5.41) is 11.0. The van der Waals surface area contributed by atoms with Crippen LogP contribution in [0.2, 0.25) is 0 Å². The van der Waals surface area contributed by atoms with Gasteiger partial charge in [0.05, 0.1) is 4.92 Å². The molecule has 0 aliphatic carbocycles. The molecule has 1 aromatic heterocycles. The molecule has 0 saturated heterocycles. The summed E-state index contributed by atoms with van der Waals surface area (Å²) in [4.78, 5) is 14.0. The van der Waals surface area contributed by atoms with E-state index in [2.05, 4.69) is 4.98 Å². The smallest absolute Gasteiger partial charge is 0.301 e. The Morgan fingerprint density at radius 2 is 2.46 bits per heavy atom. The lowest BCUT2D eigenvalue weighted by atomic mass is 10.3. The number of hydrogen-bond donors (Lipinski definition) is 1. The van der Waals surface area contributed by atoms with Crippen LogP contribution in [-0.4, -0.2) is 16.2 Å². The summed E-state index contributed by atoms with van der Waals surface area (Å²) in [6.45, 7) is 0.266. The molecule has 0 unspecified atom stereocenters. The van der Waals surface area contributed by atoms with Crippen LogP contribution in [-0.2, 0) is 6.54 Å². The van der Waals surface area contributed by atoms with E-state index < -0.39 is 4.92 Å². The third-order valence-corrected chi connectivity index (χ3v) is 2.22. The van der Waals surface area contributed by atoms with Crippen molar-refractivity contribution < 1.29 is 4.92 Å². The molecule has 6 heteroatoms. The van der Waals surface area contributed by atoms with Gasteiger partial charge in [-0.05, 0) is 11.8 Å². The van der Waals surface area contributed by atoms with Gasteiger partial charge in [-0.3, -0.25) is 10.1 Å².